The van der Waals surface area contributed by atoms with E-state index in [0.717, 1.165) is 10.7 Å². The molecule has 0 atom stereocenters. The molecule has 0 bridgehead atoms. The summed E-state index contributed by atoms with van der Waals surface area (Å²) in [7, 11) is 1.54. The van der Waals surface area contributed by atoms with E-state index in [1.165, 1.54) is 7.11 Å². The molecule has 6 heteroatoms. The summed E-state index contributed by atoms with van der Waals surface area (Å²) in [5.41, 5.74) is 1.48. The van der Waals surface area contributed by atoms with Crippen LogP contribution in [0.4, 0.5) is 0 Å². The van der Waals surface area contributed by atoms with Gasteiger partial charge in [-0.2, -0.15) is 4.98 Å². The number of imidazole rings is 1. The monoisotopic (exact) mass is 224 g/mol. The van der Waals surface area contributed by atoms with E-state index in [4.69, 9.17) is 4.74 Å². The van der Waals surface area contributed by atoms with Crippen molar-refractivity contribution in [3.8, 4) is 6.01 Å². The molecule has 0 amide bonds. The molecule has 2 rings (SSSR count). The van der Waals surface area contributed by atoms with Gasteiger partial charge in [-0.3, -0.25) is 0 Å². The van der Waals surface area contributed by atoms with Gasteiger partial charge in [-0.1, -0.05) is 25.6 Å². The summed E-state index contributed by atoms with van der Waals surface area (Å²) in [6, 6.07) is 0.343. The quantitative estimate of drug-likeness (QED) is 0.806. The van der Waals surface area contributed by atoms with Crippen molar-refractivity contribution in [2.24, 2.45) is 0 Å². The lowest BCUT2D eigenvalue weighted by Gasteiger charge is -1.97. The number of ether oxygens (including phenoxy) is 1. The van der Waals surface area contributed by atoms with Crippen LogP contribution >= 0.6 is 11.8 Å². The Bertz CT molecular complexity index is 468. The van der Waals surface area contributed by atoms with E-state index >= 15 is 0 Å². The van der Waals surface area contributed by atoms with Gasteiger partial charge in [-0.05, 0) is 0 Å². The maximum Gasteiger partial charge on any atom is 0.318 e. The molecule has 2 aromatic rings. The molecule has 0 saturated carbocycles. The zero-order chi connectivity index (χ0) is 10.8. The normalized spacial score (nSPS) is 11.2. The van der Waals surface area contributed by atoms with Crippen LogP contribution in [0.3, 0.4) is 0 Å². The number of thioether (sulfide) groups is 1. The lowest BCUT2D eigenvalue weighted by atomic mass is 10.6. The fourth-order valence-electron chi connectivity index (χ4n) is 1.15. The summed E-state index contributed by atoms with van der Waals surface area (Å²) in [4.78, 5) is 15.6. The van der Waals surface area contributed by atoms with Crippen LogP contribution in [0.1, 0.15) is 13.8 Å². The smallest absolute Gasteiger partial charge is 0.318 e. The second-order valence-corrected chi connectivity index (χ2v) is 4.87. The zero-order valence-corrected chi connectivity index (χ0v) is 9.63. The van der Waals surface area contributed by atoms with Crippen molar-refractivity contribution >= 4 is 22.9 Å². The van der Waals surface area contributed by atoms with Crippen LogP contribution in [0.25, 0.3) is 11.2 Å². The second-order valence-electron chi connectivity index (χ2n) is 3.30. The van der Waals surface area contributed by atoms with Gasteiger partial charge in [0.15, 0.2) is 10.8 Å². The Balaban J connectivity index is 2.37. The Kier molecular flexibility index (Phi) is 2.77. The summed E-state index contributed by atoms with van der Waals surface area (Å²) >= 11 is 1.66. The van der Waals surface area contributed by atoms with Gasteiger partial charge in [-0.25, -0.2) is 9.97 Å². The SMILES string of the molecule is COc1ncc2[nH]c(SC(C)C)nc2n1. The number of nitrogens with one attached hydrogen (secondary N) is 1. The summed E-state index contributed by atoms with van der Waals surface area (Å²) in [6.45, 7) is 4.23. The molecule has 0 aliphatic heterocycles. The van der Waals surface area contributed by atoms with Gasteiger partial charge in [0.05, 0.1) is 13.3 Å². The number of rotatable bonds is 3. The first-order chi connectivity index (χ1) is 7.19. The van der Waals surface area contributed by atoms with Gasteiger partial charge in [0.2, 0.25) is 0 Å². The third kappa shape index (κ3) is 2.20. The fourth-order valence-corrected chi connectivity index (χ4v) is 1.90. The van der Waals surface area contributed by atoms with Crippen LogP contribution in [-0.4, -0.2) is 32.3 Å². The van der Waals surface area contributed by atoms with E-state index in [9.17, 15) is 0 Å². The zero-order valence-electron chi connectivity index (χ0n) is 8.81. The molecule has 0 radical (unpaired) electrons. The number of H-pyrrole nitrogens is 1. The highest BCUT2D eigenvalue weighted by Gasteiger charge is 2.07. The number of methoxy groups -OCH3 is 1. The number of aromatic nitrogens is 4. The van der Waals surface area contributed by atoms with Crippen molar-refractivity contribution < 1.29 is 4.74 Å². The molecule has 80 valence electrons. The molecule has 0 aliphatic carbocycles. The van der Waals surface area contributed by atoms with E-state index in [0.29, 0.717) is 16.9 Å². The van der Waals surface area contributed by atoms with Gasteiger partial charge < -0.3 is 9.72 Å². The highest BCUT2D eigenvalue weighted by atomic mass is 32.2. The highest BCUT2D eigenvalue weighted by molar-refractivity contribution is 7.99. The Morgan fingerprint density at radius 1 is 1.40 bits per heavy atom. The Morgan fingerprint density at radius 3 is 2.87 bits per heavy atom. The molecule has 0 saturated heterocycles. The van der Waals surface area contributed by atoms with Gasteiger partial charge in [-0.15, -0.1) is 0 Å². The number of hydrogen-bond acceptors (Lipinski definition) is 5. The highest BCUT2D eigenvalue weighted by Crippen LogP contribution is 2.22. The molecule has 2 heterocycles. The molecule has 0 aromatic carbocycles. The summed E-state index contributed by atoms with van der Waals surface area (Å²) < 4.78 is 4.93. The predicted octanol–water partition coefficient (Wildman–Crippen LogP) is 1.86. The average molecular weight is 224 g/mol. The Morgan fingerprint density at radius 2 is 2.20 bits per heavy atom. The maximum absolute atomic E-state index is 4.93. The Hall–Kier alpha value is -1.30. The molecule has 5 nitrogen and oxygen atoms in total. The van der Waals surface area contributed by atoms with E-state index < -0.39 is 0 Å². The van der Waals surface area contributed by atoms with Crippen molar-refractivity contribution in [3.05, 3.63) is 6.20 Å². The van der Waals surface area contributed by atoms with Crippen LogP contribution in [0, 0.1) is 0 Å². The van der Waals surface area contributed by atoms with Gasteiger partial charge in [0.1, 0.15) is 5.52 Å². The number of nitrogens with zero attached hydrogens (tertiary/aromatic N) is 3. The third-order valence-corrected chi connectivity index (χ3v) is 2.61. The van der Waals surface area contributed by atoms with Gasteiger partial charge in [0.25, 0.3) is 0 Å². The summed E-state index contributed by atoms with van der Waals surface area (Å²) in [5.74, 6) is 0. The molecule has 0 aliphatic rings. The van der Waals surface area contributed by atoms with Crippen molar-refractivity contribution in [1.82, 2.24) is 19.9 Å². The van der Waals surface area contributed by atoms with E-state index in [1.54, 1.807) is 18.0 Å². The molecule has 0 unspecified atom stereocenters. The first-order valence-electron chi connectivity index (χ1n) is 4.62. The molecule has 2 aromatic heterocycles. The van der Waals surface area contributed by atoms with Crippen molar-refractivity contribution in [1.29, 1.82) is 0 Å². The van der Waals surface area contributed by atoms with Gasteiger partial charge in [0, 0.05) is 5.25 Å². The van der Waals surface area contributed by atoms with Crippen LogP contribution in [-0.2, 0) is 0 Å². The molecule has 0 spiro atoms. The summed E-state index contributed by atoms with van der Waals surface area (Å²) in [6.07, 6.45) is 1.68. The molecule has 0 fully saturated rings. The van der Waals surface area contributed by atoms with Crippen LogP contribution in [0.5, 0.6) is 6.01 Å². The minimum absolute atomic E-state index is 0.343. The third-order valence-electron chi connectivity index (χ3n) is 1.73. The molecular formula is C9H12N4OS. The fraction of sp³-hybridized carbons (Fsp3) is 0.444. The predicted molar refractivity (Wildman–Crippen MR) is 59.2 cm³/mol. The van der Waals surface area contributed by atoms with Crippen LogP contribution in [0.2, 0.25) is 0 Å². The largest absolute Gasteiger partial charge is 0.467 e. The number of fused-ring (bicyclic) bond motifs is 1. The standard InChI is InChI=1S/C9H12N4OS/c1-5(2)15-9-11-6-4-10-8(14-3)12-7(6)13-9/h4-5H,1-3H3,(H,10,11,12,13). The minimum atomic E-state index is 0.343. The lowest BCUT2D eigenvalue weighted by Crippen LogP contribution is -1.90. The van der Waals surface area contributed by atoms with E-state index in [1.807, 2.05) is 0 Å². The minimum Gasteiger partial charge on any atom is -0.467 e. The van der Waals surface area contributed by atoms with Crippen molar-refractivity contribution in [2.75, 3.05) is 7.11 Å². The van der Waals surface area contributed by atoms with Crippen molar-refractivity contribution in [2.45, 2.75) is 24.3 Å². The van der Waals surface area contributed by atoms with Crippen molar-refractivity contribution in [3.63, 3.8) is 0 Å². The lowest BCUT2D eigenvalue weighted by molar-refractivity contribution is 0.381. The first kappa shape index (κ1) is 10.2. The number of aromatic amines is 1. The first-order valence-corrected chi connectivity index (χ1v) is 5.50. The Labute approximate surface area is 91.7 Å². The van der Waals surface area contributed by atoms with Crippen LogP contribution < -0.4 is 4.74 Å². The van der Waals surface area contributed by atoms with Gasteiger partial charge >= 0.3 is 6.01 Å². The topological polar surface area (TPSA) is 63.7 Å². The van der Waals surface area contributed by atoms with E-state index in [-0.39, 0.29) is 0 Å². The second kappa shape index (κ2) is 4.06. The maximum atomic E-state index is 4.93. The molecule has 1 N–H and O–H groups in total. The average Bonchev–Trinajstić information content (AvgIpc) is 2.57. The van der Waals surface area contributed by atoms with E-state index in [2.05, 4.69) is 33.8 Å². The molecular weight excluding hydrogens is 212 g/mol. The van der Waals surface area contributed by atoms with Crippen LogP contribution in [0.15, 0.2) is 11.4 Å². The summed E-state index contributed by atoms with van der Waals surface area (Å²) in [5, 5.41) is 1.35. The molecule has 15 heavy (non-hydrogen) atoms. The number of hydrogen-bond donors (Lipinski definition) is 1.